The molecule has 1 amide bonds. The molecule has 0 aliphatic carbocycles. The van der Waals surface area contributed by atoms with Gasteiger partial charge in [0.15, 0.2) is 0 Å². The number of nitriles is 1. The summed E-state index contributed by atoms with van der Waals surface area (Å²) in [6.45, 7) is 3.17. The maximum Gasteiger partial charge on any atom is 0.226 e. The summed E-state index contributed by atoms with van der Waals surface area (Å²) >= 11 is 5.73. The molecule has 1 aliphatic heterocycles. The lowest BCUT2D eigenvalue weighted by atomic mass is 10.3. The number of hydrogen-bond acceptors (Lipinski definition) is 4. The SMILES string of the molecule is CC(=O)N1CCN(Cc2ccc(Cl)nc2)C1=NC#N. The lowest BCUT2D eigenvalue weighted by molar-refractivity contribution is -0.124. The Balaban J connectivity index is 2.16. The largest absolute Gasteiger partial charge is 0.335 e. The van der Waals surface area contributed by atoms with E-state index in [4.69, 9.17) is 16.9 Å². The second-order valence-electron chi connectivity index (χ2n) is 4.09. The highest BCUT2D eigenvalue weighted by Gasteiger charge is 2.29. The topological polar surface area (TPSA) is 72.6 Å². The summed E-state index contributed by atoms with van der Waals surface area (Å²) in [4.78, 5) is 22.5. The first kappa shape index (κ1) is 13.3. The summed E-state index contributed by atoms with van der Waals surface area (Å²) in [5, 5.41) is 9.15. The van der Waals surface area contributed by atoms with Crippen LogP contribution >= 0.6 is 11.6 Å². The second kappa shape index (κ2) is 5.67. The van der Waals surface area contributed by atoms with Crippen LogP contribution in [0, 0.1) is 11.5 Å². The summed E-state index contributed by atoms with van der Waals surface area (Å²) in [6, 6.07) is 3.56. The molecule has 1 fully saturated rings. The normalized spacial score (nSPS) is 16.8. The van der Waals surface area contributed by atoms with Crippen LogP contribution in [-0.4, -0.2) is 39.7 Å². The predicted octanol–water partition coefficient (Wildman–Crippen LogP) is 1.24. The van der Waals surface area contributed by atoms with E-state index >= 15 is 0 Å². The van der Waals surface area contributed by atoms with Crippen molar-refractivity contribution < 1.29 is 4.79 Å². The van der Waals surface area contributed by atoms with Gasteiger partial charge in [0, 0.05) is 32.8 Å². The van der Waals surface area contributed by atoms with Crippen LogP contribution in [0.2, 0.25) is 5.15 Å². The van der Waals surface area contributed by atoms with E-state index in [0.717, 1.165) is 5.56 Å². The van der Waals surface area contributed by atoms with Gasteiger partial charge >= 0.3 is 0 Å². The Bertz CT molecular complexity index is 548. The number of aliphatic imine (C=N–C) groups is 1. The Morgan fingerprint density at radius 2 is 2.37 bits per heavy atom. The number of pyridine rings is 1. The third-order valence-corrected chi connectivity index (χ3v) is 3.03. The maximum atomic E-state index is 11.5. The van der Waals surface area contributed by atoms with Crippen LogP contribution in [0.5, 0.6) is 0 Å². The van der Waals surface area contributed by atoms with Crippen molar-refractivity contribution in [2.45, 2.75) is 13.5 Å². The molecule has 0 atom stereocenters. The highest BCUT2D eigenvalue weighted by molar-refractivity contribution is 6.29. The van der Waals surface area contributed by atoms with Crippen molar-refractivity contribution in [1.29, 1.82) is 5.26 Å². The first-order chi connectivity index (χ1) is 9.11. The standard InChI is InChI=1S/C12H12ClN5O/c1-9(19)18-5-4-17(12(18)16-8-14)7-10-2-3-11(13)15-6-10/h2-3,6H,4-5,7H2,1H3. The molecule has 1 saturated heterocycles. The monoisotopic (exact) mass is 277 g/mol. The zero-order valence-electron chi connectivity index (χ0n) is 10.4. The Morgan fingerprint density at radius 1 is 1.58 bits per heavy atom. The number of carbonyl (C=O) groups excluding carboxylic acids is 1. The van der Waals surface area contributed by atoms with Gasteiger partial charge in [-0.25, -0.2) is 4.98 Å². The number of carbonyl (C=O) groups is 1. The van der Waals surface area contributed by atoms with Gasteiger partial charge in [0.1, 0.15) is 5.15 Å². The van der Waals surface area contributed by atoms with Crippen LogP contribution in [0.25, 0.3) is 0 Å². The van der Waals surface area contributed by atoms with Crippen molar-refractivity contribution in [1.82, 2.24) is 14.8 Å². The van der Waals surface area contributed by atoms with Crippen LogP contribution in [-0.2, 0) is 11.3 Å². The molecule has 1 aromatic heterocycles. The van der Waals surface area contributed by atoms with Crippen LogP contribution in [0.1, 0.15) is 12.5 Å². The van der Waals surface area contributed by atoms with E-state index in [2.05, 4.69) is 9.98 Å². The van der Waals surface area contributed by atoms with Crippen LogP contribution < -0.4 is 0 Å². The molecule has 98 valence electrons. The Kier molecular flexibility index (Phi) is 3.97. The Hall–Kier alpha value is -2.13. The van der Waals surface area contributed by atoms with Gasteiger partial charge in [0.25, 0.3) is 0 Å². The molecule has 7 heteroatoms. The van der Waals surface area contributed by atoms with Gasteiger partial charge in [-0.1, -0.05) is 17.7 Å². The van der Waals surface area contributed by atoms with Gasteiger partial charge in [-0.2, -0.15) is 5.26 Å². The summed E-state index contributed by atoms with van der Waals surface area (Å²) in [5.41, 5.74) is 0.945. The zero-order chi connectivity index (χ0) is 13.8. The third kappa shape index (κ3) is 3.01. The number of nitrogens with zero attached hydrogens (tertiary/aromatic N) is 5. The van der Waals surface area contributed by atoms with E-state index in [1.54, 1.807) is 18.5 Å². The molecular formula is C12H12ClN5O. The van der Waals surface area contributed by atoms with E-state index in [0.29, 0.717) is 30.7 Å². The molecule has 1 aromatic rings. The molecule has 0 saturated carbocycles. The number of aromatic nitrogens is 1. The molecule has 0 spiro atoms. The number of rotatable bonds is 2. The molecule has 0 aromatic carbocycles. The van der Waals surface area contributed by atoms with Gasteiger partial charge in [0.05, 0.1) is 0 Å². The minimum Gasteiger partial charge on any atom is -0.335 e. The van der Waals surface area contributed by atoms with E-state index in [1.807, 2.05) is 11.0 Å². The van der Waals surface area contributed by atoms with Crippen LogP contribution in [0.3, 0.4) is 0 Å². The lowest BCUT2D eigenvalue weighted by Gasteiger charge is -2.19. The minimum atomic E-state index is -0.120. The van der Waals surface area contributed by atoms with Crippen molar-refractivity contribution in [2.75, 3.05) is 13.1 Å². The van der Waals surface area contributed by atoms with E-state index in [-0.39, 0.29) is 5.91 Å². The van der Waals surface area contributed by atoms with Crippen molar-refractivity contribution in [3.63, 3.8) is 0 Å². The summed E-state index contributed by atoms with van der Waals surface area (Å²) < 4.78 is 0. The van der Waals surface area contributed by atoms with E-state index < -0.39 is 0 Å². The number of guanidine groups is 1. The molecule has 19 heavy (non-hydrogen) atoms. The maximum absolute atomic E-state index is 11.5. The quantitative estimate of drug-likeness (QED) is 0.602. The van der Waals surface area contributed by atoms with Crippen molar-refractivity contribution in [2.24, 2.45) is 4.99 Å². The van der Waals surface area contributed by atoms with Crippen LogP contribution in [0.15, 0.2) is 23.3 Å². The number of amides is 1. The average Bonchev–Trinajstić information content (AvgIpc) is 2.76. The smallest absolute Gasteiger partial charge is 0.226 e. The second-order valence-corrected chi connectivity index (χ2v) is 4.48. The van der Waals surface area contributed by atoms with Gasteiger partial charge in [-0.15, -0.1) is 4.99 Å². The molecule has 0 bridgehead atoms. The molecule has 0 N–H and O–H groups in total. The summed E-state index contributed by atoms with van der Waals surface area (Å²) in [6.07, 6.45) is 3.40. The summed E-state index contributed by atoms with van der Waals surface area (Å²) in [5.74, 6) is 0.274. The molecule has 1 aliphatic rings. The van der Waals surface area contributed by atoms with Crippen LogP contribution in [0.4, 0.5) is 0 Å². The molecular weight excluding hydrogens is 266 g/mol. The fourth-order valence-corrected chi connectivity index (χ4v) is 2.05. The predicted molar refractivity (Wildman–Crippen MR) is 70.1 cm³/mol. The molecule has 2 heterocycles. The number of hydrogen-bond donors (Lipinski definition) is 0. The van der Waals surface area contributed by atoms with Gasteiger partial charge in [0.2, 0.25) is 18.1 Å². The summed E-state index contributed by atoms with van der Waals surface area (Å²) in [7, 11) is 0. The highest BCUT2D eigenvalue weighted by Crippen LogP contribution is 2.14. The van der Waals surface area contributed by atoms with Gasteiger partial charge in [-0.3, -0.25) is 9.69 Å². The molecule has 2 rings (SSSR count). The highest BCUT2D eigenvalue weighted by atomic mass is 35.5. The molecule has 0 radical (unpaired) electrons. The lowest BCUT2D eigenvalue weighted by Crippen LogP contribution is -2.36. The van der Waals surface area contributed by atoms with Crippen molar-refractivity contribution in [3.05, 3.63) is 29.0 Å². The first-order valence-electron chi connectivity index (χ1n) is 5.72. The van der Waals surface area contributed by atoms with Crippen molar-refractivity contribution >= 4 is 23.5 Å². The fourth-order valence-electron chi connectivity index (χ4n) is 1.94. The Morgan fingerprint density at radius 3 is 2.95 bits per heavy atom. The minimum absolute atomic E-state index is 0.120. The molecule has 6 nitrogen and oxygen atoms in total. The average molecular weight is 278 g/mol. The Labute approximate surface area is 115 Å². The van der Waals surface area contributed by atoms with Crippen molar-refractivity contribution in [3.8, 4) is 6.19 Å². The molecule has 0 unspecified atom stereocenters. The van der Waals surface area contributed by atoms with Gasteiger partial charge in [-0.05, 0) is 11.6 Å². The zero-order valence-corrected chi connectivity index (χ0v) is 11.1. The third-order valence-electron chi connectivity index (χ3n) is 2.81. The van der Waals surface area contributed by atoms with E-state index in [1.165, 1.54) is 11.8 Å². The van der Waals surface area contributed by atoms with Gasteiger partial charge < -0.3 is 4.90 Å². The fraction of sp³-hybridized carbons (Fsp3) is 0.333. The first-order valence-corrected chi connectivity index (χ1v) is 6.10. The van der Waals surface area contributed by atoms with E-state index in [9.17, 15) is 4.79 Å². The number of halogens is 1.